The fourth-order valence-corrected chi connectivity index (χ4v) is 3.63. The molecule has 0 bridgehead atoms. The number of rotatable bonds is 5. The number of methoxy groups -OCH3 is 1. The number of carbonyl (C=O) groups is 1. The summed E-state index contributed by atoms with van der Waals surface area (Å²) in [4.78, 5) is 24.3. The van der Waals surface area contributed by atoms with E-state index in [4.69, 9.17) is 4.74 Å². The largest absolute Gasteiger partial charge is 0.497 e. The SMILES string of the molecule is COc1ccc2[nH]cc(-c3csc(NC(=O)Cn4nc(C)nc4C)n3)c2c1. The van der Waals surface area contributed by atoms with Crippen molar-refractivity contribution >= 4 is 33.3 Å². The molecule has 27 heavy (non-hydrogen) atoms. The van der Waals surface area contributed by atoms with Gasteiger partial charge in [0.05, 0.1) is 12.8 Å². The van der Waals surface area contributed by atoms with Crippen molar-refractivity contribution in [3.63, 3.8) is 0 Å². The normalized spacial score (nSPS) is 11.1. The molecule has 0 saturated heterocycles. The number of aryl methyl sites for hydroxylation is 2. The summed E-state index contributed by atoms with van der Waals surface area (Å²) in [6.07, 6.45) is 1.91. The average molecular weight is 382 g/mol. The fraction of sp³-hybridized carbons (Fsp3) is 0.222. The van der Waals surface area contributed by atoms with Crippen molar-refractivity contribution < 1.29 is 9.53 Å². The Hall–Kier alpha value is -3.20. The van der Waals surface area contributed by atoms with Crippen molar-refractivity contribution in [1.29, 1.82) is 0 Å². The predicted molar refractivity (Wildman–Crippen MR) is 104 cm³/mol. The lowest BCUT2D eigenvalue weighted by molar-refractivity contribution is -0.116. The van der Waals surface area contributed by atoms with Gasteiger partial charge in [0, 0.05) is 28.0 Å². The summed E-state index contributed by atoms with van der Waals surface area (Å²) in [5.41, 5.74) is 2.76. The van der Waals surface area contributed by atoms with Crippen LogP contribution in [0.25, 0.3) is 22.2 Å². The van der Waals surface area contributed by atoms with Gasteiger partial charge in [-0.25, -0.2) is 14.6 Å². The average Bonchev–Trinajstić information content (AvgIpc) is 3.33. The first kappa shape index (κ1) is 17.2. The minimum absolute atomic E-state index is 0.103. The molecule has 0 spiro atoms. The molecule has 0 saturated carbocycles. The summed E-state index contributed by atoms with van der Waals surface area (Å²) in [6, 6.07) is 5.84. The third-order valence-electron chi connectivity index (χ3n) is 4.17. The summed E-state index contributed by atoms with van der Waals surface area (Å²) in [7, 11) is 1.64. The smallest absolute Gasteiger partial charge is 0.247 e. The van der Waals surface area contributed by atoms with Crippen molar-refractivity contribution in [2.45, 2.75) is 20.4 Å². The molecule has 0 atom stereocenters. The Bertz CT molecular complexity index is 1130. The van der Waals surface area contributed by atoms with Gasteiger partial charge in [-0.15, -0.1) is 11.3 Å². The first-order chi connectivity index (χ1) is 13.0. The topological polar surface area (TPSA) is 97.7 Å². The van der Waals surface area contributed by atoms with Gasteiger partial charge in [0.1, 0.15) is 23.9 Å². The minimum Gasteiger partial charge on any atom is -0.497 e. The molecular weight excluding hydrogens is 364 g/mol. The molecule has 0 aliphatic heterocycles. The lowest BCUT2D eigenvalue weighted by Crippen LogP contribution is -2.20. The van der Waals surface area contributed by atoms with E-state index >= 15 is 0 Å². The molecule has 9 heteroatoms. The van der Waals surface area contributed by atoms with Crippen LogP contribution in [0.1, 0.15) is 11.6 Å². The summed E-state index contributed by atoms with van der Waals surface area (Å²) < 4.78 is 6.88. The second kappa shape index (κ2) is 6.84. The summed E-state index contributed by atoms with van der Waals surface area (Å²) >= 11 is 1.38. The highest BCUT2D eigenvalue weighted by Gasteiger charge is 2.14. The number of H-pyrrole nitrogens is 1. The number of aromatic nitrogens is 5. The molecular formula is C18H18N6O2S. The van der Waals surface area contributed by atoms with Crippen molar-refractivity contribution in [2.24, 2.45) is 0 Å². The van der Waals surface area contributed by atoms with Crippen LogP contribution in [0.4, 0.5) is 5.13 Å². The number of anilines is 1. The zero-order valence-corrected chi connectivity index (χ0v) is 15.9. The summed E-state index contributed by atoms with van der Waals surface area (Å²) in [5.74, 6) is 1.94. The first-order valence-electron chi connectivity index (χ1n) is 8.32. The van der Waals surface area contributed by atoms with Crippen LogP contribution in [-0.2, 0) is 11.3 Å². The second-order valence-electron chi connectivity index (χ2n) is 6.06. The fourth-order valence-electron chi connectivity index (χ4n) is 2.90. The number of carbonyl (C=O) groups excluding carboxylic acids is 1. The van der Waals surface area contributed by atoms with Crippen LogP contribution < -0.4 is 10.1 Å². The van der Waals surface area contributed by atoms with Crippen molar-refractivity contribution in [2.75, 3.05) is 12.4 Å². The van der Waals surface area contributed by atoms with Gasteiger partial charge in [-0.05, 0) is 32.0 Å². The van der Waals surface area contributed by atoms with E-state index in [2.05, 4.69) is 25.4 Å². The van der Waals surface area contributed by atoms with Gasteiger partial charge in [-0.1, -0.05) is 0 Å². The molecule has 1 amide bonds. The number of amides is 1. The Labute approximate surface area is 159 Å². The highest BCUT2D eigenvalue weighted by Crippen LogP contribution is 2.33. The van der Waals surface area contributed by atoms with Gasteiger partial charge >= 0.3 is 0 Å². The maximum atomic E-state index is 12.3. The number of ether oxygens (including phenoxy) is 1. The molecule has 3 aromatic heterocycles. The molecule has 4 aromatic rings. The monoisotopic (exact) mass is 382 g/mol. The third kappa shape index (κ3) is 3.41. The van der Waals surface area contributed by atoms with E-state index in [0.717, 1.165) is 27.9 Å². The molecule has 138 valence electrons. The standard InChI is InChI=1S/C18H18N6O2S/c1-10-20-11(2)24(23-10)8-17(25)22-18-21-16(9-27-18)14-7-19-15-5-4-12(26-3)6-13(14)15/h4-7,9,19H,8H2,1-3H3,(H,21,22,25). The van der Waals surface area contributed by atoms with E-state index in [9.17, 15) is 4.79 Å². The Morgan fingerprint density at radius 2 is 2.19 bits per heavy atom. The molecule has 0 aliphatic carbocycles. The Morgan fingerprint density at radius 1 is 1.33 bits per heavy atom. The zero-order valence-electron chi connectivity index (χ0n) is 15.1. The highest BCUT2D eigenvalue weighted by atomic mass is 32.1. The van der Waals surface area contributed by atoms with E-state index in [1.807, 2.05) is 36.7 Å². The summed E-state index contributed by atoms with van der Waals surface area (Å²) in [5, 5.41) is 10.5. The van der Waals surface area contributed by atoms with E-state index in [-0.39, 0.29) is 12.5 Å². The van der Waals surface area contributed by atoms with E-state index < -0.39 is 0 Å². The molecule has 1 aromatic carbocycles. The molecule has 0 unspecified atom stereocenters. The minimum atomic E-state index is -0.190. The van der Waals surface area contributed by atoms with Gasteiger partial charge in [0.2, 0.25) is 5.91 Å². The molecule has 2 N–H and O–H groups in total. The molecule has 0 fully saturated rings. The van der Waals surface area contributed by atoms with Crippen LogP contribution in [0.3, 0.4) is 0 Å². The maximum absolute atomic E-state index is 12.3. The number of nitrogens with one attached hydrogen (secondary N) is 2. The molecule has 8 nitrogen and oxygen atoms in total. The van der Waals surface area contributed by atoms with Crippen LogP contribution in [-0.4, -0.2) is 37.7 Å². The quantitative estimate of drug-likeness (QED) is 0.553. The molecule has 0 radical (unpaired) electrons. The first-order valence-corrected chi connectivity index (χ1v) is 9.20. The van der Waals surface area contributed by atoms with Crippen LogP contribution in [0.2, 0.25) is 0 Å². The van der Waals surface area contributed by atoms with E-state index in [1.165, 1.54) is 11.3 Å². The lowest BCUT2D eigenvalue weighted by atomic mass is 10.1. The van der Waals surface area contributed by atoms with Gasteiger partial charge in [-0.2, -0.15) is 5.10 Å². The van der Waals surface area contributed by atoms with E-state index in [1.54, 1.807) is 18.7 Å². The number of thiazole rings is 1. The Morgan fingerprint density at radius 3 is 2.93 bits per heavy atom. The predicted octanol–water partition coefficient (Wildman–Crippen LogP) is 3.15. The number of fused-ring (bicyclic) bond motifs is 1. The van der Waals surface area contributed by atoms with Crippen molar-refractivity contribution in [3.8, 4) is 17.0 Å². The van der Waals surface area contributed by atoms with Crippen molar-refractivity contribution in [3.05, 3.63) is 41.4 Å². The second-order valence-corrected chi connectivity index (χ2v) is 6.92. The van der Waals surface area contributed by atoms with E-state index in [0.29, 0.717) is 16.8 Å². The maximum Gasteiger partial charge on any atom is 0.247 e. The summed E-state index contributed by atoms with van der Waals surface area (Å²) in [6.45, 7) is 3.72. The number of aromatic amines is 1. The third-order valence-corrected chi connectivity index (χ3v) is 4.93. The van der Waals surface area contributed by atoms with Crippen LogP contribution >= 0.6 is 11.3 Å². The number of hydrogen-bond donors (Lipinski definition) is 2. The Kier molecular flexibility index (Phi) is 4.36. The number of benzene rings is 1. The lowest BCUT2D eigenvalue weighted by Gasteiger charge is -2.03. The molecule has 3 heterocycles. The van der Waals surface area contributed by atoms with Crippen LogP contribution in [0.5, 0.6) is 5.75 Å². The zero-order chi connectivity index (χ0) is 19.0. The number of nitrogens with zero attached hydrogens (tertiary/aromatic N) is 4. The van der Waals surface area contributed by atoms with Crippen LogP contribution in [0.15, 0.2) is 29.8 Å². The highest BCUT2D eigenvalue weighted by molar-refractivity contribution is 7.14. The van der Waals surface area contributed by atoms with Gasteiger partial charge in [0.15, 0.2) is 5.13 Å². The number of hydrogen-bond acceptors (Lipinski definition) is 6. The van der Waals surface area contributed by atoms with Gasteiger partial charge < -0.3 is 15.0 Å². The van der Waals surface area contributed by atoms with Gasteiger partial charge in [-0.3, -0.25) is 4.79 Å². The molecule has 0 aliphatic rings. The van der Waals surface area contributed by atoms with Crippen molar-refractivity contribution in [1.82, 2.24) is 24.7 Å². The molecule has 4 rings (SSSR count). The van der Waals surface area contributed by atoms with Crippen LogP contribution in [0, 0.1) is 13.8 Å². The van der Waals surface area contributed by atoms with Gasteiger partial charge in [0.25, 0.3) is 0 Å². The Balaban J connectivity index is 1.53.